The standard InChI is InChI=1S/C16H22BNO4/c1-15(2)16(3,4)22-17(21-15)12-8-5-10(14(18)19)9-13(12)20-11-6-7-11/h5,8-9,11H,6-7H2,1-4H3,(H2,18,19). The zero-order valence-electron chi connectivity index (χ0n) is 13.5. The van der Waals surface area contributed by atoms with E-state index in [4.69, 9.17) is 19.8 Å². The van der Waals surface area contributed by atoms with Crippen LogP contribution < -0.4 is 15.9 Å². The van der Waals surface area contributed by atoms with Crippen LogP contribution in [0.1, 0.15) is 50.9 Å². The van der Waals surface area contributed by atoms with Gasteiger partial charge in [0.2, 0.25) is 5.91 Å². The lowest BCUT2D eigenvalue weighted by molar-refractivity contribution is 0.00578. The van der Waals surface area contributed by atoms with Crippen LogP contribution in [0.4, 0.5) is 0 Å². The summed E-state index contributed by atoms with van der Waals surface area (Å²) in [6, 6.07) is 5.17. The minimum Gasteiger partial charge on any atom is -0.491 e. The second kappa shape index (κ2) is 5.00. The second-order valence-electron chi connectivity index (χ2n) is 7.02. The highest BCUT2D eigenvalue weighted by molar-refractivity contribution is 6.63. The van der Waals surface area contributed by atoms with Crippen LogP contribution in [0.5, 0.6) is 5.75 Å². The highest BCUT2D eigenvalue weighted by Gasteiger charge is 2.52. The van der Waals surface area contributed by atoms with Crippen LogP contribution in [0.2, 0.25) is 0 Å². The van der Waals surface area contributed by atoms with Gasteiger partial charge in [0.15, 0.2) is 0 Å². The van der Waals surface area contributed by atoms with Crippen molar-refractivity contribution in [1.29, 1.82) is 0 Å². The molecule has 0 bridgehead atoms. The molecule has 5 nitrogen and oxygen atoms in total. The third-order valence-corrected chi connectivity index (χ3v) is 4.62. The van der Waals surface area contributed by atoms with E-state index in [0.29, 0.717) is 11.3 Å². The maximum atomic E-state index is 11.4. The summed E-state index contributed by atoms with van der Waals surface area (Å²) in [4.78, 5) is 11.4. The molecule has 1 aromatic rings. The van der Waals surface area contributed by atoms with Gasteiger partial charge in [-0.25, -0.2) is 0 Å². The maximum absolute atomic E-state index is 11.4. The van der Waals surface area contributed by atoms with Crippen LogP contribution in [0, 0.1) is 0 Å². The van der Waals surface area contributed by atoms with Gasteiger partial charge in [-0.3, -0.25) is 4.79 Å². The summed E-state index contributed by atoms with van der Waals surface area (Å²) in [7, 11) is -0.513. The molecule has 0 aromatic heterocycles. The highest BCUT2D eigenvalue weighted by atomic mass is 16.7. The molecule has 2 aliphatic rings. The Hall–Kier alpha value is -1.53. The van der Waals surface area contributed by atoms with Gasteiger partial charge in [0.1, 0.15) is 5.75 Å². The molecule has 0 unspecified atom stereocenters. The van der Waals surface area contributed by atoms with Crippen LogP contribution in [0.3, 0.4) is 0 Å². The molecule has 118 valence electrons. The number of nitrogens with two attached hydrogens (primary N) is 1. The van der Waals surface area contributed by atoms with Gasteiger partial charge in [0.05, 0.1) is 17.3 Å². The summed E-state index contributed by atoms with van der Waals surface area (Å²) in [5, 5.41) is 0. The van der Waals surface area contributed by atoms with Crippen molar-refractivity contribution in [2.75, 3.05) is 0 Å². The lowest BCUT2D eigenvalue weighted by Gasteiger charge is -2.32. The van der Waals surface area contributed by atoms with Crippen molar-refractivity contribution in [2.45, 2.75) is 57.8 Å². The van der Waals surface area contributed by atoms with Crippen molar-refractivity contribution in [2.24, 2.45) is 5.73 Å². The van der Waals surface area contributed by atoms with Gasteiger partial charge in [-0.1, -0.05) is 6.07 Å². The predicted molar refractivity (Wildman–Crippen MR) is 84.3 cm³/mol. The third-order valence-electron chi connectivity index (χ3n) is 4.62. The van der Waals surface area contributed by atoms with E-state index in [1.807, 2.05) is 27.7 Å². The summed E-state index contributed by atoms with van der Waals surface area (Å²) in [5.41, 5.74) is 5.75. The average molecular weight is 303 g/mol. The Balaban J connectivity index is 1.94. The lowest BCUT2D eigenvalue weighted by atomic mass is 9.78. The largest absolute Gasteiger partial charge is 0.498 e. The Morgan fingerprint density at radius 2 is 1.82 bits per heavy atom. The summed E-state index contributed by atoms with van der Waals surface area (Å²) in [6.45, 7) is 8.02. The fourth-order valence-corrected chi connectivity index (χ4v) is 2.32. The maximum Gasteiger partial charge on any atom is 0.498 e. The predicted octanol–water partition coefficient (Wildman–Crippen LogP) is 1.63. The Labute approximate surface area is 131 Å². The molecule has 6 heteroatoms. The molecule has 1 saturated carbocycles. The van der Waals surface area contributed by atoms with E-state index in [0.717, 1.165) is 18.3 Å². The zero-order chi connectivity index (χ0) is 16.1. The quantitative estimate of drug-likeness (QED) is 0.858. The third kappa shape index (κ3) is 2.73. The van der Waals surface area contributed by atoms with E-state index in [2.05, 4.69) is 0 Å². The molecule has 1 amide bonds. The van der Waals surface area contributed by atoms with E-state index in [9.17, 15) is 4.79 Å². The number of hydrogen-bond donors (Lipinski definition) is 1. The van der Waals surface area contributed by atoms with Gasteiger partial charge in [0.25, 0.3) is 0 Å². The molecule has 22 heavy (non-hydrogen) atoms. The minimum atomic E-state index is -0.513. The molecule has 0 spiro atoms. The lowest BCUT2D eigenvalue weighted by Crippen LogP contribution is -2.41. The van der Waals surface area contributed by atoms with E-state index in [-0.39, 0.29) is 6.10 Å². The molecule has 1 heterocycles. The SMILES string of the molecule is CC1(C)OB(c2ccc(C(N)=O)cc2OC2CC2)OC1(C)C. The summed E-state index contributed by atoms with van der Waals surface area (Å²) in [5.74, 6) is 0.151. The highest BCUT2D eigenvalue weighted by Crippen LogP contribution is 2.37. The minimum absolute atomic E-state index is 0.212. The van der Waals surface area contributed by atoms with Crippen molar-refractivity contribution in [3.8, 4) is 5.75 Å². The molecule has 0 radical (unpaired) electrons. The van der Waals surface area contributed by atoms with Gasteiger partial charge >= 0.3 is 7.12 Å². The Morgan fingerprint density at radius 3 is 2.32 bits per heavy atom. The second-order valence-corrected chi connectivity index (χ2v) is 7.02. The van der Waals surface area contributed by atoms with Gasteiger partial charge in [-0.05, 0) is 52.7 Å². The molecule has 0 atom stereocenters. The van der Waals surface area contributed by atoms with E-state index in [1.165, 1.54) is 0 Å². The molecule has 2 fully saturated rings. The zero-order valence-corrected chi connectivity index (χ0v) is 13.5. The number of hydrogen-bond acceptors (Lipinski definition) is 4. The molecular weight excluding hydrogens is 281 g/mol. The fourth-order valence-electron chi connectivity index (χ4n) is 2.32. The first-order valence-electron chi connectivity index (χ1n) is 7.66. The van der Waals surface area contributed by atoms with E-state index in [1.54, 1.807) is 18.2 Å². The fraction of sp³-hybridized carbons (Fsp3) is 0.562. The number of amides is 1. The van der Waals surface area contributed by atoms with Crippen molar-refractivity contribution in [1.82, 2.24) is 0 Å². The van der Waals surface area contributed by atoms with Crippen molar-refractivity contribution in [3.63, 3.8) is 0 Å². The Kier molecular flexibility index (Phi) is 3.49. The smallest absolute Gasteiger partial charge is 0.491 e. The normalized spacial score (nSPS) is 22.6. The van der Waals surface area contributed by atoms with E-state index >= 15 is 0 Å². The number of carbonyl (C=O) groups is 1. The van der Waals surface area contributed by atoms with Crippen LogP contribution in [-0.2, 0) is 9.31 Å². The number of benzene rings is 1. The first kappa shape index (κ1) is 15.4. The molecule has 1 aromatic carbocycles. The van der Waals surface area contributed by atoms with Gasteiger partial charge in [0, 0.05) is 11.0 Å². The molecule has 1 saturated heterocycles. The van der Waals surface area contributed by atoms with Crippen LogP contribution in [0.15, 0.2) is 18.2 Å². The van der Waals surface area contributed by atoms with Gasteiger partial charge < -0.3 is 19.8 Å². The summed E-state index contributed by atoms with van der Waals surface area (Å²) < 4.78 is 18.1. The molecule has 3 rings (SSSR count). The average Bonchev–Trinajstić information content (AvgIpc) is 3.17. The topological polar surface area (TPSA) is 70.8 Å². The summed E-state index contributed by atoms with van der Waals surface area (Å²) in [6.07, 6.45) is 2.28. The van der Waals surface area contributed by atoms with Crippen LogP contribution in [0.25, 0.3) is 0 Å². The molecule has 2 N–H and O–H groups in total. The Bertz CT molecular complexity index is 594. The number of ether oxygens (including phenoxy) is 1. The monoisotopic (exact) mass is 303 g/mol. The van der Waals surface area contributed by atoms with Crippen molar-refractivity contribution < 1.29 is 18.8 Å². The molecule has 1 aliphatic heterocycles. The first-order valence-corrected chi connectivity index (χ1v) is 7.66. The van der Waals surface area contributed by atoms with Crippen molar-refractivity contribution in [3.05, 3.63) is 23.8 Å². The number of rotatable bonds is 4. The van der Waals surface area contributed by atoms with Gasteiger partial charge in [-0.15, -0.1) is 0 Å². The van der Waals surface area contributed by atoms with Crippen LogP contribution >= 0.6 is 0 Å². The summed E-state index contributed by atoms with van der Waals surface area (Å²) >= 11 is 0. The number of carbonyl (C=O) groups excluding carboxylic acids is 1. The van der Waals surface area contributed by atoms with Gasteiger partial charge in [-0.2, -0.15) is 0 Å². The Morgan fingerprint density at radius 1 is 1.23 bits per heavy atom. The molecule has 1 aliphatic carbocycles. The van der Waals surface area contributed by atoms with E-state index < -0.39 is 24.2 Å². The van der Waals surface area contributed by atoms with Crippen molar-refractivity contribution >= 4 is 18.5 Å². The molecular formula is C16H22BNO4. The first-order chi connectivity index (χ1) is 10.2. The number of primary amides is 1. The van der Waals surface area contributed by atoms with Crippen LogP contribution in [-0.4, -0.2) is 30.3 Å².